The Balaban J connectivity index is 1.72. The number of phenolic OH excluding ortho intramolecular Hbond substituents is 1. The third-order valence-corrected chi connectivity index (χ3v) is 5.97. The molecule has 2 aromatic carbocycles. The number of nitrogens with one attached hydrogen (secondary N) is 2. The number of carbonyl (C=O) groups excluding carboxylic acids is 2. The van der Waals surface area contributed by atoms with Crippen molar-refractivity contribution in [1.29, 1.82) is 0 Å². The van der Waals surface area contributed by atoms with Crippen LogP contribution in [0.4, 0.5) is 5.69 Å². The number of halogens is 2. The van der Waals surface area contributed by atoms with Gasteiger partial charge in [-0.2, -0.15) is 0 Å². The fraction of sp³-hybridized carbons (Fsp3) is 0.273. The van der Waals surface area contributed by atoms with E-state index < -0.39 is 35.9 Å². The number of phenols is 1. The van der Waals surface area contributed by atoms with Crippen LogP contribution in [0.3, 0.4) is 0 Å². The predicted molar refractivity (Wildman–Crippen MR) is 120 cm³/mol. The topological polar surface area (TPSA) is 111 Å². The molecule has 0 aliphatic carbocycles. The van der Waals surface area contributed by atoms with Gasteiger partial charge in [-0.05, 0) is 42.8 Å². The van der Waals surface area contributed by atoms with E-state index in [-0.39, 0.29) is 11.5 Å². The van der Waals surface area contributed by atoms with Gasteiger partial charge in [0, 0.05) is 5.02 Å². The first-order chi connectivity index (χ1) is 15.3. The van der Waals surface area contributed by atoms with Crippen molar-refractivity contribution >= 4 is 40.7 Å². The van der Waals surface area contributed by atoms with Gasteiger partial charge in [0.1, 0.15) is 12.1 Å². The molecule has 1 saturated heterocycles. The van der Waals surface area contributed by atoms with Crippen molar-refractivity contribution in [2.75, 3.05) is 12.0 Å². The zero-order valence-corrected chi connectivity index (χ0v) is 18.5. The van der Waals surface area contributed by atoms with Crippen LogP contribution >= 0.6 is 23.2 Å². The van der Waals surface area contributed by atoms with E-state index in [1.807, 2.05) is 0 Å². The highest BCUT2D eigenvalue weighted by Gasteiger charge is 2.49. The van der Waals surface area contributed by atoms with Crippen molar-refractivity contribution < 1.29 is 24.5 Å². The average Bonchev–Trinajstić information content (AvgIpc) is 3.05. The van der Waals surface area contributed by atoms with Gasteiger partial charge < -0.3 is 20.4 Å². The van der Waals surface area contributed by atoms with Gasteiger partial charge in [0.15, 0.2) is 11.5 Å². The van der Waals surface area contributed by atoms with Crippen LogP contribution in [0.5, 0.6) is 11.5 Å². The largest absolute Gasteiger partial charge is 0.504 e. The third-order valence-electron chi connectivity index (χ3n) is 5.42. The number of nitrogens with zero attached hydrogens (tertiary/aromatic N) is 1. The van der Waals surface area contributed by atoms with Gasteiger partial charge in [0.05, 0.1) is 29.3 Å². The van der Waals surface area contributed by atoms with Crippen molar-refractivity contribution in [2.24, 2.45) is 5.92 Å². The number of hydrogen-bond acceptors (Lipinski definition) is 7. The van der Waals surface area contributed by atoms with Gasteiger partial charge in [-0.1, -0.05) is 41.4 Å². The van der Waals surface area contributed by atoms with Gasteiger partial charge in [0.2, 0.25) is 11.8 Å². The summed E-state index contributed by atoms with van der Waals surface area (Å²) in [6.07, 6.45) is 2.15. The fourth-order valence-electron chi connectivity index (χ4n) is 3.89. The first-order valence-electron chi connectivity index (χ1n) is 9.97. The molecule has 0 radical (unpaired) electrons. The van der Waals surface area contributed by atoms with E-state index in [9.17, 15) is 19.8 Å². The van der Waals surface area contributed by atoms with Crippen molar-refractivity contribution in [3.63, 3.8) is 0 Å². The lowest BCUT2D eigenvalue weighted by atomic mass is 9.90. The number of hydrogen-bond donors (Lipinski definition) is 4. The molecule has 168 valence electrons. The highest BCUT2D eigenvalue weighted by molar-refractivity contribution is 6.36. The second kappa shape index (κ2) is 8.99. The number of carbonyl (C=O) groups is 2. The summed E-state index contributed by atoms with van der Waals surface area (Å²) >= 11 is 12.3. The molecule has 0 spiro atoms. The van der Waals surface area contributed by atoms with Crippen molar-refractivity contribution in [2.45, 2.75) is 25.1 Å². The molecule has 2 aromatic rings. The van der Waals surface area contributed by atoms with Crippen molar-refractivity contribution in [1.82, 2.24) is 10.3 Å². The van der Waals surface area contributed by atoms with Gasteiger partial charge in [-0.25, -0.2) is 5.01 Å². The Kier molecular flexibility index (Phi) is 6.30. The first kappa shape index (κ1) is 22.4. The lowest BCUT2D eigenvalue weighted by Gasteiger charge is -2.40. The van der Waals surface area contributed by atoms with Crippen molar-refractivity contribution in [3.05, 3.63) is 64.2 Å². The second-order valence-corrected chi connectivity index (χ2v) is 8.29. The number of aromatic hydroxyl groups is 1. The molecule has 1 fully saturated rings. The van der Waals surface area contributed by atoms with E-state index in [0.717, 1.165) is 0 Å². The standard InChI is InChI=1S/C22H21Cl2N3O5/c1-2-32-18-9-11(3-8-17(18)28)20(29)16-7-5-13-19(22(31)25-21(13)30)27(16)26-15-6-4-12(23)10-14(15)24/h3-10,13,16,19-20,26,28-29H,2H2,1H3,(H,25,30,31). The smallest absolute Gasteiger partial charge is 0.246 e. The van der Waals surface area contributed by atoms with E-state index in [1.54, 1.807) is 43.3 Å². The average molecular weight is 478 g/mol. The SMILES string of the molecule is CCOc1cc(C(O)C2C=CC3C(=O)NC(=O)C3N2Nc2ccc(Cl)cc2Cl)ccc1O. The van der Waals surface area contributed by atoms with Crippen LogP contribution in [0.2, 0.25) is 10.0 Å². The number of hydrazine groups is 1. The van der Waals surface area contributed by atoms with Gasteiger partial charge in [-0.15, -0.1) is 0 Å². The zero-order valence-electron chi connectivity index (χ0n) is 17.0. The fourth-order valence-corrected chi connectivity index (χ4v) is 4.34. The molecule has 4 atom stereocenters. The van der Waals surface area contributed by atoms with E-state index >= 15 is 0 Å². The Morgan fingerprint density at radius 2 is 1.94 bits per heavy atom. The summed E-state index contributed by atoms with van der Waals surface area (Å²) in [7, 11) is 0. The molecule has 8 nitrogen and oxygen atoms in total. The maximum atomic E-state index is 12.6. The lowest BCUT2D eigenvalue weighted by Crippen LogP contribution is -2.55. The summed E-state index contributed by atoms with van der Waals surface area (Å²) in [5.41, 5.74) is 4.00. The van der Waals surface area contributed by atoms with E-state index in [1.165, 1.54) is 17.1 Å². The number of ether oxygens (including phenoxy) is 1. The normalized spacial score (nSPS) is 23.6. The van der Waals surface area contributed by atoms with Crippen LogP contribution in [0.15, 0.2) is 48.6 Å². The van der Waals surface area contributed by atoms with Crippen LogP contribution in [-0.4, -0.2) is 45.7 Å². The molecule has 2 amide bonds. The maximum Gasteiger partial charge on any atom is 0.246 e. The Hall–Kier alpha value is -2.78. The number of amides is 2. The van der Waals surface area contributed by atoms with Crippen LogP contribution in [0, 0.1) is 5.92 Å². The van der Waals surface area contributed by atoms with Crippen molar-refractivity contribution in [3.8, 4) is 11.5 Å². The quantitative estimate of drug-likeness (QED) is 0.373. The maximum absolute atomic E-state index is 12.6. The van der Waals surface area contributed by atoms with Crippen LogP contribution < -0.4 is 15.5 Å². The first-order valence-corrected chi connectivity index (χ1v) is 10.7. The molecule has 0 bridgehead atoms. The third kappa shape index (κ3) is 4.14. The minimum Gasteiger partial charge on any atom is -0.504 e. The van der Waals surface area contributed by atoms with Gasteiger partial charge in [-0.3, -0.25) is 14.9 Å². The lowest BCUT2D eigenvalue weighted by molar-refractivity contribution is -0.126. The molecule has 2 aliphatic rings. The molecule has 2 aliphatic heterocycles. The molecular formula is C22H21Cl2N3O5. The summed E-state index contributed by atoms with van der Waals surface area (Å²) in [6, 6.07) is 7.70. The minimum absolute atomic E-state index is 0.0502. The summed E-state index contributed by atoms with van der Waals surface area (Å²) in [6.45, 7) is 2.12. The highest BCUT2D eigenvalue weighted by atomic mass is 35.5. The van der Waals surface area contributed by atoms with E-state index in [0.29, 0.717) is 27.9 Å². The molecule has 0 aromatic heterocycles. The number of rotatable bonds is 6. The number of aliphatic hydroxyl groups is 1. The monoisotopic (exact) mass is 477 g/mol. The summed E-state index contributed by atoms with van der Waals surface area (Å²) < 4.78 is 5.42. The van der Waals surface area contributed by atoms with Gasteiger partial charge in [0.25, 0.3) is 0 Å². The minimum atomic E-state index is -1.13. The molecule has 4 rings (SSSR count). The Bertz CT molecular complexity index is 1090. The van der Waals surface area contributed by atoms with Crippen LogP contribution in [-0.2, 0) is 9.59 Å². The number of imide groups is 1. The molecular weight excluding hydrogens is 457 g/mol. The van der Waals surface area contributed by atoms with Crippen LogP contribution in [0.25, 0.3) is 0 Å². The number of aliphatic hydroxyl groups excluding tert-OH is 1. The Morgan fingerprint density at radius 1 is 1.16 bits per heavy atom. The number of benzene rings is 2. The van der Waals surface area contributed by atoms with Crippen LogP contribution in [0.1, 0.15) is 18.6 Å². The van der Waals surface area contributed by atoms with E-state index in [4.69, 9.17) is 27.9 Å². The van der Waals surface area contributed by atoms with E-state index in [2.05, 4.69) is 10.7 Å². The molecule has 4 N–H and O–H groups in total. The predicted octanol–water partition coefficient (Wildman–Crippen LogP) is 3.04. The molecule has 32 heavy (non-hydrogen) atoms. The van der Waals surface area contributed by atoms with Gasteiger partial charge >= 0.3 is 0 Å². The summed E-state index contributed by atoms with van der Waals surface area (Å²) in [5.74, 6) is -1.44. The molecule has 0 saturated carbocycles. The summed E-state index contributed by atoms with van der Waals surface area (Å²) in [5, 5.41) is 25.8. The highest BCUT2D eigenvalue weighted by Crippen LogP contribution is 2.37. The molecule has 2 heterocycles. The molecule has 10 heteroatoms. The Morgan fingerprint density at radius 3 is 2.66 bits per heavy atom. The number of fused-ring (bicyclic) bond motifs is 1. The Labute approximate surface area is 194 Å². The second-order valence-electron chi connectivity index (χ2n) is 7.45. The zero-order chi connectivity index (χ0) is 23.0. The number of anilines is 1. The summed E-state index contributed by atoms with van der Waals surface area (Å²) in [4.78, 5) is 24.9. The molecule has 4 unspecified atom stereocenters.